The SMILES string of the molecule is C=C(C)[C@@H]1C[C@@H](OC(=O)/C(C)=C/C)[C@]2(C1)C(C)=CC(=O)[C@H](O)[C@H]2C. The van der Waals surface area contributed by atoms with Crippen LogP contribution in [0.1, 0.15) is 47.5 Å². The average molecular weight is 332 g/mol. The van der Waals surface area contributed by atoms with Gasteiger partial charge in [-0.3, -0.25) is 4.79 Å². The quantitative estimate of drug-likeness (QED) is 0.489. The van der Waals surface area contributed by atoms with Crippen LogP contribution in [0.5, 0.6) is 0 Å². The van der Waals surface area contributed by atoms with Gasteiger partial charge in [0.05, 0.1) is 0 Å². The summed E-state index contributed by atoms with van der Waals surface area (Å²) < 4.78 is 5.85. The minimum absolute atomic E-state index is 0.208. The molecule has 24 heavy (non-hydrogen) atoms. The summed E-state index contributed by atoms with van der Waals surface area (Å²) in [6.07, 6.45) is 3.25. The van der Waals surface area contributed by atoms with Gasteiger partial charge in [-0.25, -0.2) is 4.79 Å². The van der Waals surface area contributed by atoms with Crippen molar-refractivity contribution in [3.63, 3.8) is 0 Å². The van der Waals surface area contributed by atoms with E-state index >= 15 is 0 Å². The minimum Gasteiger partial charge on any atom is -0.458 e. The fourth-order valence-corrected chi connectivity index (χ4v) is 4.17. The highest BCUT2D eigenvalue weighted by atomic mass is 16.5. The van der Waals surface area contributed by atoms with Crippen LogP contribution in [0.3, 0.4) is 0 Å². The summed E-state index contributed by atoms with van der Waals surface area (Å²) in [5.41, 5.74) is 1.98. The van der Waals surface area contributed by atoms with Gasteiger partial charge in [-0.15, -0.1) is 0 Å². The van der Waals surface area contributed by atoms with Crippen molar-refractivity contribution in [1.82, 2.24) is 0 Å². The summed E-state index contributed by atoms with van der Waals surface area (Å²) in [5.74, 6) is -0.697. The van der Waals surface area contributed by atoms with Gasteiger partial charge in [0.1, 0.15) is 12.2 Å². The van der Waals surface area contributed by atoms with Crippen LogP contribution < -0.4 is 0 Å². The molecule has 1 N–H and O–H groups in total. The molecule has 4 nitrogen and oxygen atoms in total. The number of carbonyl (C=O) groups is 2. The highest BCUT2D eigenvalue weighted by Gasteiger charge is 2.57. The fraction of sp³-hybridized carbons (Fsp3) is 0.600. The van der Waals surface area contributed by atoms with E-state index in [-0.39, 0.29) is 29.7 Å². The zero-order valence-electron chi connectivity index (χ0n) is 15.3. The lowest BCUT2D eigenvalue weighted by atomic mass is 9.62. The number of aliphatic hydroxyl groups is 1. The molecule has 1 saturated carbocycles. The van der Waals surface area contributed by atoms with Crippen molar-refractivity contribution >= 4 is 11.8 Å². The summed E-state index contributed by atoms with van der Waals surface area (Å²) in [4.78, 5) is 24.3. The second-order valence-electron chi connectivity index (χ2n) is 7.35. The number of hydrogen-bond donors (Lipinski definition) is 1. The molecule has 0 radical (unpaired) electrons. The predicted molar refractivity (Wildman–Crippen MR) is 93.2 cm³/mol. The van der Waals surface area contributed by atoms with Crippen molar-refractivity contribution in [2.24, 2.45) is 17.3 Å². The van der Waals surface area contributed by atoms with E-state index in [1.165, 1.54) is 6.08 Å². The molecule has 4 heteroatoms. The first kappa shape index (κ1) is 18.7. The number of ketones is 1. The third-order valence-corrected chi connectivity index (χ3v) is 6.03. The number of allylic oxidation sites excluding steroid dienone is 2. The maximum absolute atomic E-state index is 12.3. The summed E-state index contributed by atoms with van der Waals surface area (Å²) in [6.45, 7) is 13.4. The number of carbonyl (C=O) groups excluding carboxylic acids is 2. The van der Waals surface area contributed by atoms with Crippen molar-refractivity contribution in [2.45, 2.75) is 59.7 Å². The Bertz CT molecular complexity index is 628. The third kappa shape index (κ3) is 2.88. The maximum atomic E-state index is 12.3. The first-order valence-electron chi connectivity index (χ1n) is 8.55. The van der Waals surface area contributed by atoms with E-state index in [4.69, 9.17) is 4.74 Å². The molecule has 2 aliphatic carbocycles. The Hall–Kier alpha value is -1.68. The highest BCUT2D eigenvalue weighted by molar-refractivity contribution is 5.95. The monoisotopic (exact) mass is 332 g/mol. The number of hydrogen-bond acceptors (Lipinski definition) is 4. The first-order valence-corrected chi connectivity index (χ1v) is 8.55. The maximum Gasteiger partial charge on any atom is 0.333 e. The Kier molecular flexibility index (Phi) is 5.19. The van der Waals surface area contributed by atoms with Crippen LogP contribution in [0, 0.1) is 17.3 Å². The van der Waals surface area contributed by atoms with Gasteiger partial charge >= 0.3 is 5.97 Å². The second kappa shape index (κ2) is 6.67. The Balaban J connectivity index is 2.46. The Morgan fingerprint density at radius 1 is 1.46 bits per heavy atom. The number of aliphatic hydroxyl groups excluding tert-OH is 1. The van der Waals surface area contributed by atoms with Crippen LogP contribution in [0.2, 0.25) is 0 Å². The zero-order valence-corrected chi connectivity index (χ0v) is 15.3. The van der Waals surface area contributed by atoms with Crippen LogP contribution in [0.15, 0.2) is 35.5 Å². The van der Waals surface area contributed by atoms with Crippen molar-refractivity contribution in [3.8, 4) is 0 Å². The van der Waals surface area contributed by atoms with Crippen LogP contribution in [-0.4, -0.2) is 29.1 Å². The Morgan fingerprint density at radius 2 is 2.08 bits per heavy atom. The number of ether oxygens (including phenoxy) is 1. The number of rotatable bonds is 3. The molecule has 0 aromatic rings. The van der Waals surface area contributed by atoms with E-state index in [1.807, 2.05) is 20.8 Å². The molecule has 0 bridgehead atoms. The van der Waals surface area contributed by atoms with Crippen molar-refractivity contribution in [2.75, 3.05) is 0 Å². The van der Waals surface area contributed by atoms with Gasteiger partial charge in [0, 0.05) is 16.9 Å². The highest BCUT2D eigenvalue weighted by Crippen LogP contribution is 2.57. The molecule has 0 amide bonds. The minimum atomic E-state index is -1.05. The fourth-order valence-electron chi connectivity index (χ4n) is 4.17. The molecule has 0 aromatic carbocycles. The molecule has 1 fully saturated rings. The molecule has 0 saturated heterocycles. The molecular weight excluding hydrogens is 304 g/mol. The molecule has 5 atom stereocenters. The number of esters is 1. The van der Waals surface area contributed by atoms with Crippen molar-refractivity contribution in [1.29, 1.82) is 0 Å². The van der Waals surface area contributed by atoms with Crippen molar-refractivity contribution in [3.05, 3.63) is 35.5 Å². The zero-order chi connectivity index (χ0) is 18.2. The lowest BCUT2D eigenvalue weighted by Crippen LogP contribution is -2.50. The summed E-state index contributed by atoms with van der Waals surface area (Å²) in [5, 5.41) is 10.4. The molecule has 0 aliphatic heterocycles. The Labute approximate surface area is 144 Å². The van der Waals surface area contributed by atoms with Crippen LogP contribution in [-0.2, 0) is 14.3 Å². The first-order chi connectivity index (χ1) is 11.1. The Morgan fingerprint density at radius 3 is 2.62 bits per heavy atom. The van der Waals surface area contributed by atoms with Crippen LogP contribution >= 0.6 is 0 Å². The molecule has 0 unspecified atom stereocenters. The topological polar surface area (TPSA) is 63.6 Å². The van der Waals surface area contributed by atoms with Crippen molar-refractivity contribution < 1.29 is 19.4 Å². The predicted octanol–water partition coefficient (Wildman–Crippen LogP) is 3.36. The molecule has 0 heterocycles. The van der Waals surface area contributed by atoms with Gasteiger partial charge in [0.25, 0.3) is 0 Å². The van der Waals surface area contributed by atoms with E-state index < -0.39 is 11.5 Å². The molecule has 2 rings (SSSR count). The summed E-state index contributed by atoms with van der Waals surface area (Å²) >= 11 is 0. The molecular formula is C20H28O4. The normalized spacial score (nSPS) is 36.7. The lowest BCUT2D eigenvalue weighted by Gasteiger charge is -2.45. The van der Waals surface area contributed by atoms with E-state index in [0.29, 0.717) is 12.0 Å². The van der Waals surface area contributed by atoms with Gasteiger partial charge in [0.2, 0.25) is 0 Å². The van der Waals surface area contributed by atoms with Gasteiger partial charge < -0.3 is 9.84 Å². The molecule has 2 aliphatic rings. The summed E-state index contributed by atoms with van der Waals surface area (Å²) in [6, 6.07) is 0. The van der Waals surface area contributed by atoms with Gasteiger partial charge in [-0.1, -0.05) is 30.7 Å². The van der Waals surface area contributed by atoms with Crippen LogP contribution in [0.25, 0.3) is 0 Å². The molecule has 0 aromatic heterocycles. The van der Waals surface area contributed by atoms with Gasteiger partial charge in [-0.05, 0) is 52.5 Å². The van der Waals surface area contributed by atoms with E-state index in [1.54, 1.807) is 19.9 Å². The molecule has 1 spiro atoms. The standard InChI is InChI=1S/C20H28O4/c1-7-12(4)19(23)24-17-9-15(11(2)3)10-20(17)13(5)8-16(21)18(22)14(20)6/h7-8,14-15,17-18,22H,2,9-10H2,1,3-6H3/b12-7+/t14-,15-,17-,18-,20-/m1/s1. The van der Waals surface area contributed by atoms with E-state index in [9.17, 15) is 14.7 Å². The second-order valence-corrected chi connectivity index (χ2v) is 7.35. The average Bonchev–Trinajstić information content (AvgIpc) is 2.91. The summed E-state index contributed by atoms with van der Waals surface area (Å²) in [7, 11) is 0. The van der Waals surface area contributed by atoms with Crippen LogP contribution in [0.4, 0.5) is 0 Å². The molecule has 132 valence electrons. The lowest BCUT2D eigenvalue weighted by molar-refractivity contribution is -0.153. The smallest absolute Gasteiger partial charge is 0.333 e. The van der Waals surface area contributed by atoms with Gasteiger partial charge in [0.15, 0.2) is 5.78 Å². The van der Waals surface area contributed by atoms with E-state index in [0.717, 1.165) is 17.6 Å². The van der Waals surface area contributed by atoms with Gasteiger partial charge in [-0.2, -0.15) is 0 Å². The largest absolute Gasteiger partial charge is 0.458 e. The van der Waals surface area contributed by atoms with E-state index in [2.05, 4.69) is 6.58 Å². The third-order valence-electron chi connectivity index (χ3n) is 6.03.